The van der Waals surface area contributed by atoms with Crippen molar-refractivity contribution in [1.29, 1.82) is 10.5 Å². The van der Waals surface area contributed by atoms with Crippen LogP contribution in [-0.4, -0.2) is 19.2 Å². The molecule has 22 heavy (non-hydrogen) atoms. The molecule has 0 heterocycles. The van der Waals surface area contributed by atoms with Crippen LogP contribution in [0.4, 0.5) is 0 Å². The number of esters is 1. The molecule has 0 amide bonds. The zero-order valence-electron chi connectivity index (χ0n) is 12.1. The maximum absolute atomic E-state index is 11.2. The van der Waals surface area contributed by atoms with Gasteiger partial charge in [0, 0.05) is 16.5 Å². The molecule has 0 spiro atoms. The highest BCUT2D eigenvalue weighted by atomic mass is 79.9. The SMILES string of the molecule is CCOC(=O)CCCOc1ccc(Br)cc1C=C(C#N)C#N. The first-order chi connectivity index (χ1) is 10.6. The van der Waals surface area contributed by atoms with E-state index in [0.29, 0.717) is 30.9 Å². The summed E-state index contributed by atoms with van der Waals surface area (Å²) in [5, 5.41) is 17.7. The number of hydrogen-bond acceptors (Lipinski definition) is 5. The van der Waals surface area contributed by atoms with E-state index in [1.807, 2.05) is 12.1 Å². The zero-order valence-corrected chi connectivity index (χ0v) is 13.7. The molecule has 0 bridgehead atoms. The van der Waals surface area contributed by atoms with Gasteiger partial charge in [0.1, 0.15) is 23.5 Å². The first-order valence-corrected chi connectivity index (χ1v) is 7.49. The van der Waals surface area contributed by atoms with Crippen LogP contribution >= 0.6 is 15.9 Å². The lowest BCUT2D eigenvalue weighted by Crippen LogP contribution is -2.07. The van der Waals surface area contributed by atoms with Gasteiger partial charge in [-0.25, -0.2) is 0 Å². The molecule has 5 nitrogen and oxygen atoms in total. The second kappa shape index (κ2) is 9.59. The summed E-state index contributed by atoms with van der Waals surface area (Å²) >= 11 is 3.34. The van der Waals surface area contributed by atoms with Gasteiger partial charge in [-0.2, -0.15) is 10.5 Å². The number of hydrogen-bond donors (Lipinski definition) is 0. The maximum Gasteiger partial charge on any atom is 0.305 e. The van der Waals surface area contributed by atoms with E-state index in [4.69, 9.17) is 20.0 Å². The van der Waals surface area contributed by atoms with E-state index in [1.54, 1.807) is 25.1 Å². The molecule has 1 aromatic carbocycles. The molecule has 6 heteroatoms. The van der Waals surface area contributed by atoms with Crippen LogP contribution < -0.4 is 4.74 Å². The van der Waals surface area contributed by atoms with Crippen molar-refractivity contribution in [3.05, 3.63) is 33.8 Å². The summed E-state index contributed by atoms with van der Waals surface area (Å²) in [7, 11) is 0. The predicted molar refractivity (Wildman–Crippen MR) is 84.7 cm³/mol. The third kappa shape index (κ3) is 5.99. The zero-order chi connectivity index (χ0) is 16.4. The van der Waals surface area contributed by atoms with Gasteiger partial charge >= 0.3 is 5.97 Å². The fraction of sp³-hybridized carbons (Fsp3) is 0.312. The molecule has 1 rings (SSSR count). The minimum absolute atomic E-state index is 0.00512. The lowest BCUT2D eigenvalue weighted by molar-refractivity contribution is -0.143. The smallest absolute Gasteiger partial charge is 0.305 e. The Bertz CT molecular complexity index is 626. The van der Waals surface area contributed by atoms with Crippen LogP contribution in [0.25, 0.3) is 6.08 Å². The number of carbonyl (C=O) groups is 1. The molecule has 0 fully saturated rings. The van der Waals surface area contributed by atoms with Crippen molar-refractivity contribution >= 4 is 28.0 Å². The van der Waals surface area contributed by atoms with Gasteiger partial charge in [0.05, 0.1) is 13.2 Å². The number of allylic oxidation sites excluding steroid dienone is 1. The number of rotatable bonds is 7. The van der Waals surface area contributed by atoms with E-state index in [-0.39, 0.29) is 18.0 Å². The molecule has 0 aliphatic heterocycles. The van der Waals surface area contributed by atoms with Gasteiger partial charge in [-0.05, 0) is 37.6 Å². The lowest BCUT2D eigenvalue weighted by Gasteiger charge is -2.09. The van der Waals surface area contributed by atoms with Crippen molar-refractivity contribution in [2.75, 3.05) is 13.2 Å². The number of nitrogens with zero attached hydrogens (tertiary/aromatic N) is 2. The first-order valence-electron chi connectivity index (χ1n) is 6.70. The Morgan fingerprint density at radius 2 is 2.09 bits per heavy atom. The highest BCUT2D eigenvalue weighted by Crippen LogP contribution is 2.25. The van der Waals surface area contributed by atoms with Crippen LogP contribution in [0, 0.1) is 22.7 Å². The highest BCUT2D eigenvalue weighted by Gasteiger charge is 2.06. The summed E-state index contributed by atoms with van der Waals surface area (Å²) < 4.78 is 11.3. The number of nitriles is 2. The molecule has 114 valence electrons. The van der Waals surface area contributed by atoms with Gasteiger partial charge in [0.2, 0.25) is 0 Å². The van der Waals surface area contributed by atoms with E-state index >= 15 is 0 Å². The Morgan fingerprint density at radius 3 is 2.73 bits per heavy atom. The van der Waals surface area contributed by atoms with E-state index in [2.05, 4.69) is 15.9 Å². The summed E-state index contributed by atoms with van der Waals surface area (Å²) in [6.45, 7) is 2.47. The quantitative estimate of drug-likeness (QED) is 0.420. The largest absolute Gasteiger partial charge is 0.493 e. The average molecular weight is 363 g/mol. The van der Waals surface area contributed by atoms with Gasteiger partial charge in [0.15, 0.2) is 0 Å². The summed E-state index contributed by atoms with van der Waals surface area (Å²) in [5.41, 5.74) is 0.623. The fourth-order valence-corrected chi connectivity index (χ4v) is 2.02. The summed E-state index contributed by atoms with van der Waals surface area (Å²) in [6, 6.07) is 8.93. The summed E-state index contributed by atoms with van der Waals surface area (Å²) in [4.78, 5) is 11.2. The van der Waals surface area contributed by atoms with Gasteiger partial charge in [0.25, 0.3) is 0 Å². The second-order valence-electron chi connectivity index (χ2n) is 4.22. The van der Waals surface area contributed by atoms with Crippen LogP contribution in [0.1, 0.15) is 25.3 Å². The molecular weight excluding hydrogens is 348 g/mol. The fourth-order valence-electron chi connectivity index (χ4n) is 1.64. The first kappa shape index (κ1) is 17.7. The Morgan fingerprint density at radius 1 is 1.36 bits per heavy atom. The van der Waals surface area contributed by atoms with Crippen molar-refractivity contribution in [3.63, 3.8) is 0 Å². The topological polar surface area (TPSA) is 83.1 Å². The Hall–Kier alpha value is -2.31. The Kier molecular flexibility index (Phi) is 7.74. The third-order valence-electron chi connectivity index (χ3n) is 2.60. The van der Waals surface area contributed by atoms with Crippen molar-refractivity contribution in [1.82, 2.24) is 0 Å². The van der Waals surface area contributed by atoms with Crippen LogP contribution in [0.2, 0.25) is 0 Å². The monoisotopic (exact) mass is 362 g/mol. The van der Waals surface area contributed by atoms with E-state index in [0.717, 1.165) is 4.47 Å². The second-order valence-corrected chi connectivity index (χ2v) is 5.14. The number of benzene rings is 1. The number of carbonyl (C=O) groups excluding carboxylic acids is 1. The maximum atomic E-state index is 11.2. The Balaban J connectivity index is 2.71. The molecule has 0 saturated heterocycles. The van der Waals surface area contributed by atoms with Crippen molar-refractivity contribution in [3.8, 4) is 17.9 Å². The normalized spacial score (nSPS) is 9.27. The standard InChI is InChI=1S/C16H15BrN2O3/c1-2-21-16(20)4-3-7-22-15-6-5-14(17)9-13(15)8-12(10-18)11-19/h5-6,8-9H,2-4,7H2,1H3. The van der Waals surface area contributed by atoms with Crippen molar-refractivity contribution in [2.45, 2.75) is 19.8 Å². The third-order valence-corrected chi connectivity index (χ3v) is 3.09. The van der Waals surface area contributed by atoms with E-state index < -0.39 is 0 Å². The minimum atomic E-state index is -0.252. The summed E-state index contributed by atoms with van der Waals surface area (Å²) in [5.74, 6) is 0.299. The molecule has 0 unspecified atom stereocenters. The highest BCUT2D eigenvalue weighted by molar-refractivity contribution is 9.10. The number of halogens is 1. The van der Waals surface area contributed by atoms with Crippen LogP contribution in [0.15, 0.2) is 28.2 Å². The molecule has 0 aliphatic rings. The number of ether oxygens (including phenoxy) is 2. The van der Waals surface area contributed by atoms with Gasteiger partial charge in [-0.1, -0.05) is 15.9 Å². The molecule has 1 aromatic rings. The Labute approximate surface area is 137 Å². The predicted octanol–water partition coefficient (Wildman–Crippen LogP) is 3.60. The molecule has 0 N–H and O–H groups in total. The van der Waals surface area contributed by atoms with Crippen molar-refractivity contribution in [2.24, 2.45) is 0 Å². The molecule has 0 atom stereocenters. The molecule has 0 aromatic heterocycles. The van der Waals surface area contributed by atoms with Gasteiger partial charge in [-0.15, -0.1) is 0 Å². The van der Waals surface area contributed by atoms with Crippen LogP contribution in [0.3, 0.4) is 0 Å². The van der Waals surface area contributed by atoms with E-state index in [1.165, 1.54) is 6.08 Å². The minimum Gasteiger partial charge on any atom is -0.493 e. The molecular formula is C16H15BrN2O3. The molecule has 0 saturated carbocycles. The van der Waals surface area contributed by atoms with Crippen LogP contribution in [-0.2, 0) is 9.53 Å². The molecule has 0 radical (unpaired) electrons. The van der Waals surface area contributed by atoms with Crippen LogP contribution in [0.5, 0.6) is 5.75 Å². The summed E-state index contributed by atoms with van der Waals surface area (Å²) in [6.07, 6.45) is 2.28. The average Bonchev–Trinajstić information content (AvgIpc) is 2.51. The van der Waals surface area contributed by atoms with E-state index in [9.17, 15) is 4.79 Å². The lowest BCUT2D eigenvalue weighted by atomic mass is 10.1. The van der Waals surface area contributed by atoms with Crippen molar-refractivity contribution < 1.29 is 14.3 Å². The van der Waals surface area contributed by atoms with Gasteiger partial charge < -0.3 is 9.47 Å². The van der Waals surface area contributed by atoms with Gasteiger partial charge in [-0.3, -0.25) is 4.79 Å². The molecule has 0 aliphatic carbocycles.